The average Bonchev–Trinajstić information content (AvgIpc) is 2.91. The van der Waals surface area contributed by atoms with Crippen molar-refractivity contribution in [1.29, 1.82) is 5.26 Å². The minimum atomic E-state index is -1.17. The van der Waals surface area contributed by atoms with E-state index in [0.29, 0.717) is 17.8 Å². The topological polar surface area (TPSA) is 64.4 Å². The molecule has 4 bridgehead atoms. The number of rotatable bonds is 3. The van der Waals surface area contributed by atoms with Crippen LogP contribution in [0.2, 0.25) is 0 Å². The van der Waals surface area contributed by atoms with Crippen molar-refractivity contribution in [2.45, 2.75) is 62.7 Å². The van der Waals surface area contributed by atoms with Gasteiger partial charge in [0.1, 0.15) is 12.2 Å². The smallest absolute Gasteiger partial charge is 0.243 e. The van der Waals surface area contributed by atoms with Gasteiger partial charge >= 0.3 is 0 Å². The Morgan fingerprint density at radius 3 is 2.20 bits per heavy atom. The number of alkyl halides is 1. The van der Waals surface area contributed by atoms with E-state index in [4.69, 9.17) is 13.1 Å². The third kappa shape index (κ3) is 2.84. The molecule has 0 N–H and O–H groups in total. The van der Waals surface area contributed by atoms with Crippen LogP contribution in [0.1, 0.15) is 44.9 Å². The summed E-state index contributed by atoms with van der Waals surface area (Å²) in [7, 11) is 5.68. The molecule has 1 unspecified atom stereocenters. The first-order valence-corrected chi connectivity index (χ1v) is 9.30. The fraction of sp³-hybridized carbons (Fsp3) is 0.833. The quantitative estimate of drug-likeness (QED) is 0.737. The van der Waals surface area contributed by atoms with Gasteiger partial charge < -0.3 is 9.80 Å². The van der Waals surface area contributed by atoms with Gasteiger partial charge in [0, 0.05) is 12.0 Å². The molecule has 7 heteroatoms. The number of amides is 2. The van der Waals surface area contributed by atoms with E-state index in [0.717, 1.165) is 19.3 Å². The van der Waals surface area contributed by atoms with Crippen LogP contribution in [-0.2, 0) is 4.79 Å². The van der Waals surface area contributed by atoms with Crippen molar-refractivity contribution < 1.29 is 14.0 Å². The van der Waals surface area contributed by atoms with Gasteiger partial charge in [-0.05, 0) is 56.3 Å². The van der Waals surface area contributed by atoms with E-state index in [1.807, 2.05) is 6.07 Å². The number of likely N-dealkylation sites (tertiary alicyclic amines) is 1. The number of nitriles is 1. The Kier molecular flexibility index (Phi) is 4.05. The SMILES string of the molecule is [B]C(=O)N(CC(=O)N1CC(F)C[C@H]1C#N)C12CC3CC(CC(C3)C1)C2. The molecular weight excluding hydrogens is 320 g/mol. The van der Waals surface area contributed by atoms with Gasteiger partial charge in [0.15, 0.2) is 5.81 Å². The predicted octanol–water partition coefficient (Wildman–Crippen LogP) is 2.01. The zero-order chi connectivity index (χ0) is 17.8. The maximum atomic E-state index is 13.6. The number of hydrogen-bond acceptors (Lipinski definition) is 3. The highest BCUT2D eigenvalue weighted by molar-refractivity contribution is 6.57. The summed E-state index contributed by atoms with van der Waals surface area (Å²) < 4.78 is 13.6. The molecule has 0 aromatic rings. The Bertz CT molecular complexity index is 599. The van der Waals surface area contributed by atoms with E-state index in [1.165, 1.54) is 24.2 Å². The zero-order valence-corrected chi connectivity index (χ0v) is 14.4. The van der Waals surface area contributed by atoms with E-state index in [9.17, 15) is 14.0 Å². The maximum absolute atomic E-state index is 13.6. The molecule has 5 fully saturated rings. The predicted molar refractivity (Wildman–Crippen MR) is 89.4 cm³/mol. The minimum Gasteiger partial charge on any atom is -0.338 e. The first-order chi connectivity index (χ1) is 11.9. The van der Waals surface area contributed by atoms with Crippen molar-refractivity contribution in [2.24, 2.45) is 17.8 Å². The van der Waals surface area contributed by atoms with Crippen molar-refractivity contribution in [3.05, 3.63) is 0 Å². The molecule has 5 nitrogen and oxygen atoms in total. The van der Waals surface area contributed by atoms with E-state index >= 15 is 0 Å². The summed E-state index contributed by atoms with van der Waals surface area (Å²) >= 11 is 0. The second kappa shape index (κ2) is 6.00. The van der Waals surface area contributed by atoms with Crippen molar-refractivity contribution in [3.63, 3.8) is 0 Å². The van der Waals surface area contributed by atoms with Gasteiger partial charge in [-0.2, -0.15) is 5.26 Å². The average molecular weight is 343 g/mol. The molecule has 4 aliphatic carbocycles. The lowest BCUT2D eigenvalue weighted by Gasteiger charge is -2.60. The van der Waals surface area contributed by atoms with Crippen molar-refractivity contribution in [1.82, 2.24) is 9.80 Å². The summed E-state index contributed by atoms with van der Waals surface area (Å²) in [6.07, 6.45) is 5.32. The van der Waals surface area contributed by atoms with Crippen LogP contribution < -0.4 is 0 Å². The Morgan fingerprint density at radius 2 is 1.72 bits per heavy atom. The second-order valence-electron chi connectivity index (χ2n) is 8.59. The van der Waals surface area contributed by atoms with Gasteiger partial charge in [-0.25, -0.2) is 4.39 Å². The van der Waals surface area contributed by atoms with Gasteiger partial charge in [-0.1, -0.05) is 0 Å². The van der Waals surface area contributed by atoms with Crippen LogP contribution in [0.15, 0.2) is 0 Å². The number of carbonyl (C=O) groups is 2. The molecule has 0 aromatic heterocycles. The molecule has 1 saturated heterocycles. The Morgan fingerprint density at radius 1 is 1.16 bits per heavy atom. The summed E-state index contributed by atoms with van der Waals surface area (Å²) in [5, 5.41) is 9.16. The minimum absolute atomic E-state index is 0.0518. The molecule has 2 radical (unpaired) electrons. The fourth-order valence-electron chi connectivity index (χ4n) is 6.28. The first-order valence-electron chi connectivity index (χ1n) is 9.30. The van der Waals surface area contributed by atoms with Crippen molar-refractivity contribution in [2.75, 3.05) is 13.1 Å². The highest BCUT2D eigenvalue weighted by atomic mass is 19.1. The highest BCUT2D eigenvalue weighted by Crippen LogP contribution is 2.57. The fourth-order valence-corrected chi connectivity index (χ4v) is 6.28. The molecule has 1 aliphatic heterocycles. The molecule has 1 heterocycles. The molecular formula is C18H23BFN3O2. The van der Waals surface area contributed by atoms with Crippen LogP contribution in [0, 0.1) is 29.1 Å². The third-order valence-electron chi connectivity index (χ3n) is 6.86. The zero-order valence-electron chi connectivity index (χ0n) is 14.4. The van der Waals surface area contributed by atoms with E-state index in [-0.39, 0.29) is 31.0 Å². The summed E-state index contributed by atoms with van der Waals surface area (Å²) in [5.41, 5.74) is -0.312. The lowest BCUT2D eigenvalue weighted by molar-refractivity contribution is -0.136. The van der Waals surface area contributed by atoms with Gasteiger partial charge in [-0.15, -0.1) is 0 Å². The second-order valence-corrected chi connectivity index (χ2v) is 8.59. The molecule has 0 aromatic carbocycles. The largest absolute Gasteiger partial charge is 0.338 e. The Labute approximate surface area is 148 Å². The van der Waals surface area contributed by atoms with Gasteiger partial charge in [0.25, 0.3) is 0 Å². The van der Waals surface area contributed by atoms with E-state index in [2.05, 4.69) is 0 Å². The lowest BCUT2D eigenvalue weighted by atomic mass is 9.52. The van der Waals surface area contributed by atoms with Gasteiger partial charge in [-0.3, -0.25) is 9.59 Å². The van der Waals surface area contributed by atoms with Gasteiger partial charge in [0.05, 0.1) is 19.2 Å². The normalized spacial score (nSPS) is 41.6. The summed E-state index contributed by atoms with van der Waals surface area (Å²) in [6.45, 7) is -0.197. The number of nitrogens with zero attached hydrogens (tertiary/aromatic N) is 3. The maximum Gasteiger partial charge on any atom is 0.243 e. The lowest BCUT2D eigenvalue weighted by Crippen LogP contribution is -2.63. The van der Waals surface area contributed by atoms with E-state index in [1.54, 1.807) is 4.90 Å². The van der Waals surface area contributed by atoms with Crippen molar-refractivity contribution >= 4 is 19.6 Å². The summed E-state index contributed by atoms with van der Waals surface area (Å²) in [5.74, 6) is 0.937. The summed E-state index contributed by atoms with van der Waals surface area (Å²) in [6, 6.07) is 1.25. The molecule has 2 amide bonds. The van der Waals surface area contributed by atoms with Crippen LogP contribution in [0.5, 0.6) is 0 Å². The number of halogens is 1. The monoisotopic (exact) mass is 343 g/mol. The van der Waals surface area contributed by atoms with Crippen LogP contribution in [0.3, 0.4) is 0 Å². The summed E-state index contributed by atoms with van der Waals surface area (Å²) in [4.78, 5) is 27.8. The Hall–Kier alpha value is -1.58. The molecule has 5 aliphatic rings. The first kappa shape index (κ1) is 16.9. The number of hydrogen-bond donors (Lipinski definition) is 0. The molecule has 132 valence electrons. The highest BCUT2D eigenvalue weighted by Gasteiger charge is 2.54. The van der Waals surface area contributed by atoms with Gasteiger partial charge in [0.2, 0.25) is 13.8 Å². The molecule has 2 atom stereocenters. The van der Waals surface area contributed by atoms with Crippen LogP contribution >= 0.6 is 0 Å². The van der Waals surface area contributed by atoms with Crippen molar-refractivity contribution in [3.8, 4) is 6.07 Å². The van der Waals surface area contributed by atoms with Crippen LogP contribution in [0.4, 0.5) is 9.18 Å². The number of carbonyl (C=O) groups excluding carboxylic acids is 2. The van der Waals surface area contributed by atoms with E-state index < -0.39 is 18.0 Å². The standard InChI is InChI=1S/C18H23BFN3O2/c19-17(25)23(10-16(24)22-9-14(20)4-15(22)8-21)18-5-11-1-12(6-18)3-13(2-11)7-18/h11-15H,1-7,9-10H2/t11?,12?,13?,14?,15-,18?/m0/s1. The Balaban J connectivity index is 1.54. The molecule has 5 rings (SSSR count). The molecule has 0 spiro atoms. The van der Waals surface area contributed by atoms with Crippen LogP contribution in [0.25, 0.3) is 0 Å². The van der Waals surface area contributed by atoms with Crippen LogP contribution in [-0.4, -0.2) is 60.2 Å². The third-order valence-corrected chi connectivity index (χ3v) is 6.86. The molecule has 4 saturated carbocycles. The molecule has 25 heavy (non-hydrogen) atoms.